The molecule has 0 spiro atoms. The summed E-state index contributed by atoms with van der Waals surface area (Å²) < 4.78 is 6.03. The van der Waals surface area contributed by atoms with Crippen LogP contribution in [-0.2, 0) is 17.4 Å². The van der Waals surface area contributed by atoms with Gasteiger partial charge in [-0.3, -0.25) is 0 Å². The van der Waals surface area contributed by atoms with Crippen molar-refractivity contribution in [1.29, 1.82) is 0 Å². The van der Waals surface area contributed by atoms with Crippen LogP contribution in [-0.4, -0.2) is 12.2 Å². The zero-order valence-corrected chi connectivity index (χ0v) is 23.5. The number of fused-ring (bicyclic) bond motifs is 10. The zero-order chi connectivity index (χ0) is 25.3. The molecule has 2 heterocycles. The molecule has 7 rings (SSSR count). The third-order valence-corrected chi connectivity index (χ3v) is 10.7. The Morgan fingerprint density at radius 2 is 1.22 bits per heavy atom. The first-order chi connectivity index (χ1) is 17.1. The first-order valence-corrected chi connectivity index (χ1v) is 14.2. The zero-order valence-electron chi connectivity index (χ0n) is 21.8. The lowest BCUT2D eigenvalue weighted by Gasteiger charge is -2.26. The van der Waals surface area contributed by atoms with Crippen LogP contribution in [0.4, 0.5) is 0 Å². The van der Waals surface area contributed by atoms with Crippen molar-refractivity contribution in [2.24, 2.45) is 0 Å². The quantitative estimate of drug-likeness (QED) is 0.240. The Morgan fingerprint density at radius 3 is 1.75 bits per heavy atom. The van der Waals surface area contributed by atoms with Crippen LogP contribution in [0.3, 0.4) is 0 Å². The maximum atomic E-state index is 10.5. The fourth-order valence-corrected chi connectivity index (χ4v) is 9.48. The van der Waals surface area contributed by atoms with Gasteiger partial charge in [-0.2, -0.15) is 0 Å². The predicted octanol–water partition coefficient (Wildman–Crippen LogP) is 8.85. The molecular formula is C32H30O2S2. The maximum absolute atomic E-state index is 10.5. The number of hydrogen-bond donors (Lipinski definition) is 1. The number of benzene rings is 3. The van der Waals surface area contributed by atoms with Gasteiger partial charge >= 0.3 is 0 Å². The third kappa shape index (κ3) is 2.60. The minimum Gasteiger partial charge on any atom is -0.496 e. The van der Waals surface area contributed by atoms with E-state index < -0.39 is 0 Å². The summed E-state index contributed by atoms with van der Waals surface area (Å²) in [7, 11) is 1.79. The van der Waals surface area contributed by atoms with E-state index in [0.29, 0.717) is 0 Å². The van der Waals surface area contributed by atoms with Gasteiger partial charge in [-0.15, -0.1) is 22.7 Å². The van der Waals surface area contributed by atoms with E-state index in [1.165, 1.54) is 74.4 Å². The Bertz CT molecular complexity index is 1650. The molecule has 0 aliphatic heterocycles. The van der Waals surface area contributed by atoms with E-state index in [1.54, 1.807) is 7.11 Å². The number of ether oxygens (including phenoxy) is 1. The number of aliphatic hydroxyl groups is 1. The lowest BCUT2D eigenvalue weighted by Crippen LogP contribution is -2.16. The van der Waals surface area contributed by atoms with Crippen molar-refractivity contribution in [3.05, 3.63) is 74.0 Å². The minimum absolute atomic E-state index is 0.0472. The molecule has 0 bridgehead atoms. The van der Waals surface area contributed by atoms with Gasteiger partial charge in [-0.1, -0.05) is 27.7 Å². The number of methoxy groups -OCH3 is 1. The molecule has 0 saturated heterocycles. The molecule has 1 N–H and O–H groups in total. The molecule has 5 aromatic rings. The number of thiophene rings is 2. The van der Waals surface area contributed by atoms with Gasteiger partial charge in [0.15, 0.2) is 0 Å². The summed E-state index contributed by atoms with van der Waals surface area (Å²) in [5.74, 6) is 0.961. The predicted molar refractivity (Wildman–Crippen MR) is 154 cm³/mol. The van der Waals surface area contributed by atoms with Crippen molar-refractivity contribution in [2.45, 2.75) is 59.0 Å². The molecule has 2 aromatic heterocycles. The van der Waals surface area contributed by atoms with Crippen molar-refractivity contribution in [3.8, 4) is 26.6 Å². The highest BCUT2D eigenvalue weighted by Crippen LogP contribution is 2.59. The molecule has 2 aliphatic rings. The molecule has 182 valence electrons. The van der Waals surface area contributed by atoms with E-state index in [2.05, 4.69) is 77.9 Å². The molecule has 0 amide bonds. The summed E-state index contributed by atoms with van der Waals surface area (Å²) in [5.41, 5.74) is 8.80. The topological polar surface area (TPSA) is 29.5 Å². The van der Waals surface area contributed by atoms with E-state index in [9.17, 15) is 5.11 Å². The third-order valence-electron chi connectivity index (χ3n) is 8.60. The SMILES string of the molecule is COc1cc2cc3c4c(c(CO)cc3cc2c2c1-c1sc(C)cc1C2(C)C)-c1sc(C)cc1C4(C)C. The molecule has 0 unspecified atom stereocenters. The van der Waals surface area contributed by atoms with Crippen LogP contribution < -0.4 is 4.74 Å². The average molecular weight is 511 g/mol. The number of hydrogen-bond acceptors (Lipinski definition) is 4. The molecule has 0 saturated carbocycles. The van der Waals surface area contributed by atoms with E-state index in [-0.39, 0.29) is 17.4 Å². The molecule has 0 radical (unpaired) electrons. The Balaban J connectivity index is 1.62. The molecule has 36 heavy (non-hydrogen) atoms. The Hall–Kier alpha value is -2.66. The molecule has 0 atom stereocenters. The fourth-order valence-electron chi connectivity index (χ4n) is 7.00. The summed E-state index contributed by atoms with van der Waals surface area (Å²) in [6.45, 7) is 13.8. The molecule has 2 aliphatic carbocycles. The Labute approximate surface area is 220 Å². The van der Waals surface area contributed by atoms with Crippen LogP contribution in [0, 0.1) is 13.8 Å². The van der Waals surface area contributed by atoms with E-state index in [0.717, 1.165) is 11.3 Å². The van der Waals surface area contributed by atoms with Gasteiger partial charge in [0.1, 0.15) is 5.75 Å². The van der Waals surface area contributed by atoms with Crippen LogP contribution in [0.1, 0.15) is 65.3 Å². The summed E-state index contributed by atoms with van der Waals surface area (Å²) >= 11 is 3.72. The smallest absolute Gasteiger partial charge is 0.128 e. The van der Waals surface area contributed by atoms with Crippen molar-refractivity contribution >= 4 is 44.2 Å². The van der Waals surface area contributed by atoms with Gasteiger partial charge in [0.25, 0.3) is 0 Å². The first-order valence-electron chi connectivity index (χ1n) is 12.6. The van der Waals surface area contributed by atoms with Gasteiger partial charge in [-0.25, -0.2) is 0 Å². The molecule has 3 aromatic carbocycles. The summed E-state index contributed by atoms with van der Waals surface area (Å²) in [4.78, 5) is 5.34. The summed E-state index contributed by atoms with van der Waals surface area (Å²) in [6, 6.07) is 13.9. The first kappa shape index (κ1) is 22.5. The largest absolute Gasteiger partial charge is 0.496 e. The van der Waals surface area contributed by atoms with Crippen molar-refractivity contribution in [2.75, 3.05) is 7.11 Å². The molecule has 4 heteroatoms. The van der Waals surface area contributed by atoms with Gasteiger partial charge in [0, 0.05) is 41.5 Å². The van der Waals surface area contributed by atoms with Crippen LogP contribution in [0.25, 0.3) is 42.4 Å². The van der Waals surface area contributed by atoms with Crippen LogP contribution in [0.15, 0.2) is 36.4 Å². The normalized spacial score (nSPS) is 16.3. The standard InChI is InChI=1S/C32H30O2S2/c1-15-8-22-29(35-15)25-19(14-33)10-17-11-21-18(12-20(17)27(25)31(22,3)4)13-24(34-7)26-28(21)32(5,6)23-9-16(2)36-30(23)26/h8-13,33H,14H2,1-7H3. The Kier molecular flexibility index (Phi) is 4.38. The monoisotopic (exact) mass is 510 g/mol. The van der Waals surface area contributed by atoms with Crippen molar-refractivity contribution in [3.63, 3.8) is 0 Å². The van der Waals surface area contributed by atoms with Crippen molar-refractivity contribution < 1.29 is 9.84 Å². The summed E-state index contributed by atoms with van der Waals surface area (Å²) in [6.07, 6.45) is 0. The second-order valence-electron chi connectivity index (χ2n) is 11.5. The van der Waals surface area contributed by atoms with Crippen LogP contribution in [0.5, 0.6) is 5.75 Å². The second-order valence-corrected chi connectivity index (χ2v) is 14.0. The van der Waals surface area contributed by atoms with Crippen LogP contribution >= 0.6 is 22.7 Å². The summed E-state index contributed by atoms with van der Waals surface area (Å²) in [5, 5.41) is 15.5. The van der Waals surface area contributed by atoms with Gasteiger partial charge in [-0.05, 0) is 99.6 Å². The highest BCUT2D eigenvalue weighted by atomic mass is 32.1. The van der Waals surface area contributed by atoms with E-state index in [1.807, 2.05) is 22.7 Å². The average Bonchev–Trinajstić information content (AvgIpc) is 3.52. The minimum atomic E-state index is -0.117. The lowest BCUT2D eigenvalue weighted by atomic mass is 9.77. The maximum Gasteiger partial charge on any atom is 0.128 e. The van der Waals surface area contributed by atoms with Gasteiger partial charge in [0.2, 0.25) is 0 Å². The lowest BCUT2D eigenvalue weighted by molar-refractivity contribution is 0.282. The van der Waals surface area contributed by atoms with Crippen molar-refractivity contribution in [1.82, 2.24) is 0 Å². The fraction of sp³-hybridized carbons (Fsp3) is 0.312. The number of rotatable bonds is 2. The highest BCUT2D eigenvalue weighted by Gasteiger charge is 2.42. The second kappa shape index (κ2) is 7.00. The van der Waals surface area contributed by atoms with Gasteiger partial charge < -0.3 is 9.84 Å². The van der Waals surface area contributed by atoms with E-state index in [4.69, 9.17) is 4.74 Å². The molecular weight excluding hydrogens is 480 g/mol. The molecule has 0 fully saturated rings. The van der Waals surface area contributed by atoms with Crippen LogP contribution in [0.2, 0.25) is 0 Å². The Morgan fingerprint density at radius 1 is 0.722 bits per heavy atom. The number of aliphatic hydroxyl groups excluding tert-OH is 1. The number of aryl methyl sites for hydroxylation is 2. The van der Waals surface area contributed by atoms with Gasteiger partial charge in [0.05, 0.1) is 13.7 Å². The molecule has 2 nitrogen and oxygen atoms in total. The highest BCUT2D eigenvalue weighted by molar-refractivity contribution is 7.16. The van der Waals surface area contributed by atoms with E-state index >= 15 is 0 Å².